The first-order valence-electron chi connectivity index (χ1n) is 8.13. The fraction of sp³-hybridized carbons (Fsp3) is 0.389. The average Bonchev–Trinajstić information content (AvgIpc) is 2.99. The summed E-state index contributed by atoms with van der Waals surface area (Å²) in [6, 6.07) is 8.61. The van der Waals surface area contributed by atoms with Crippen molar-refractivity contribution >= 4 is 23.4 Å². The van der Waals surface area contributed by atoms with Crippen molar-refractivity contribution in [1.82, 2.24) is 5.16 Å². The van der Waals surface area contributed by atoms with Crippen LogP contribution in [0.25, 0.3) is 0 Å². The van der Waals surface area contributed by atoms with E-state index in [0.717, 1.165) is 5.69 Å². The summed E-state index contributed by atoms with van der Waals surface area (Å²) in [6.45, 7) is 3.64. The fourth-order valence-corrected chi connectivity index (χ4v) is 2.23. The number of benzene rings is 1. The highest BCUT2D eigenvalue weighted by atomic mass is 16.5. The molecule has 0 aliphatic carbocycles. The molecule has 1 aromatic carbocycles. The predicted octanol–water partition coefficient (Wildman–Crippen LogP) is 3.01. The number of ether oxygens (including phenoxy) is 1. The molecule has 2 aromatic rings. The van der Waals surface area contributed by atoms with Gasteiger partial charge in [0, 0.05) is 25.8 Å². The molecule has 1 amide bonds. The van der Waals surface area contributed by atoms with Gasteiger partial charge in [-0.3, -0.25) is 4.79 Å². The highest BCUT2D eigenvalue weighted by molar-refractivity contribution is 5.97. The molecule has 0 saturated carbocycles. The molecule has 2 rings (SSSR count). The lowest BCUT2D eigenvalue weighted by Gasteiger charge is -2.17. The second-order valence-corrected chi connectivity index (χ2v) is 5.94. The first-order valence-corrected chi connectivity index (χ1v) is 8.13. The highest BCUT2D eigenvalue weighted by Gasteiger charge is 2.24. The van der Waals surface area contributed by atoms with Crippen molar-refractivity contribution in [3.63, 3.8) is 0 Å². The van der Waals surface area contributed by atoms with E-state index in [9.17, 15) is 9.59 Å². The van der Waals surface area contributed by atoms with E-state index in [-0.39, 0.29) is 0 Å². The van der Waals surface area contributed by atoms with Crippen LogP contribution in [0.1, 0.15) is 35.9 Å². The van der Waals surface area contributed by atoms with Gasteiger partial charge < -0.3 is 19.5 Å². The quantitative estimate of drug-likeness (QED) is 0.777. The molecule has 0 fully saturated rings. The molecule has 1 N–H and O–H groups in total. The maximum absolute atomic E-state index is 12.3. The van der Waals surface area contributed by atoms with Gasteiger partial charge in [0.2, 0.25) is 0 Å². The third-order valence-electron chi connectivity index (χ3n) is 3.59. The van der Waals surface area contributed by atoms with Gasteiger partial charge in [0.15, 0.2) is 11.9 Å². The molecule has 0 aliphatic rings. The maximum Gasteiger partial charge on any atom is 0.338 e. The molecule has 0 saturated heterocycles. The summed E-state index contributed by atoms with van der Waals surface area (Å²) >= 11 is 0. The maximum atomic E-state index is 12.3. The van der Waals surface area contributed by atoms with E-state index in [2.05, 4.69) is 10.5 Å². The number of hydrogen-bond donors (Lipinski definition) is 1. The van der Waals surface area contributed by atoms with Crippen molar-refractivity contribution in [1.29, 1.82) is 0 Å². The van der Waals surface area contributed by atoms with Gasteiger partial charge in [-0.05, 0) is 37.6 Å². The van der Waals surface area contributed by atoms with Crippen LogP contribution in [0.4, 0.5) is 11.5 Å². The number of carbonyl (C=O) groups is 2. The van der Waals surface area contributed by atoms with Crippen molar-refractivity contribution < 1.29 is 18.8 Å². The molecule has 1 aromatic heterocycles. The van der Waals surface area contributed by atoms with Gasteiger partial charge in [-0.15, -0.1) is 0 Å². The van der Waals surface area contributed by atoms with Crippen LogP contribution in [-0.4, -0.2) is 37.2 Å². The van der Waals surface area contributed by atoms with Gasteiger partial charge in [0.05, 0.1) is 5.56 Å². The normalized spacial score (nSPS) is 11.7. The van der Waals surface area contributed by atoms with Gasteiger partial charge in [-0.2, -0.15) is 0 Å². The summed E-state index contributed by atoms with van der Waals surface area (Å²) < 4.78 is 10.3. The molecule has 0 aliphatic heterocycles. The number of nitrogens with zero attached hydrogens (tertiary/aromatic N) is 2. The Morgan fingerprint density at radius 3 is 2.48 bits per heavy atom. The second kappa shape index (κ2) is 8.32. The Morgan fingerprint density at radius 2 is 1.96 bits per heavy atom. The molecule has 0 bridgehead atoms. The van der Waals surface area contributed by atoms with E-state index in [1.54, 1.807) is 25.1 Å². The monoisotopic (exact) mass is 345 g/mol. The minimum absolute atomic E-state index is 0.301. The number of amides is 1. The molecule has 134 valence electrons. The summed E-state index contributed by atoms with van der Waals surface area (Å²) in [5, 5.41) is 6.31. The lowest BCUT2D eigenvalue weighted by Crippen LogP contribution is -2.32. The molecule has 7 nitrogen and oxygen atoms in total. The molecule has 25 heavy (non-hydrogen) atoms. The van der Waals surface area contributed by atoms with E-state index >= 15 is 0 Å². The third kappa shape index (κ3) is 5.07. The van der Waals surface area contributed by atoms with Crippen LogP contribution < -0.4 is 10.2 Å². The van der Waals surface area contributed by atoms with E-state index in [0.29, 0.717) is 30.0 Å². The Morgan fingerprint density at radius 1 is 1.28 bits per heavy atom. The van der Waals surface area contributed by atoms with Crippen molar-refractivity contribution in [2.45, 2.75) is 32.8 Å². The van der Waals surface area contributed by atoms with Crippen LogP contribution in [0, 0.1) is 6.92 Å². The largest absolute Gasteiger partial charge is 0.449 e. The van der Waals surface area contributed by atoms with Gasteiger partial charge >= 0.3 is 5.97 Å². The summed E-state index contributed by atoms with van der Waals surface area (Å²) in [4.78, 5) is 26.6. The highest BCUT2D eigenvalue weighted by Crippen LogP contribution is 2.16. The zero-order valence-corrected chi connectivity index (χ0v) is 14.9. The minimum atomic E-state index is -0.886. The summed E-state index contributed by atoms with van der Waals surface area (Å²) in [5.74, 6) is -0.0704. The Hall–Kier alpha value is -2.83. The van der Waals surface area contributed by atoms with Gasteiger partial charge in [0.25, 0.3) is 5.91 Å². The van der Waals surface area contributed by atoms with E-state index < -0.39 is 18.0 Å². The first-order chi connectivity index (χ1) is 11.9. The van der Waals surface area contributed by atoms with E-state index in [4.69, 9.17) is 9.26 Å². The Labute approximate surface area is 146 Å². The van der Waals surface area contributed by atoms with Crippen molar-refractivity contribution in [2.75, 3.05) is 24.3 Å². The number of nitrogens with one attached hydrogen (secondary N) is 1. The molecular formula is C18H23N3O4. The SMILES string of the molecule is CCC[C@@H](OC(=O)c1ccc(N(C)C)cc1)C(=O)Nc1cc(C)on1. The predicted molar refractivity (Wildman–Crippen MR) is 94.8 cm³/mol. The minimum Gasteiger partial charge on any atom is -0.449 e. The Kier molecular flexibility index (Phi) is 6.16. The Bertz CT molecular complexity index is 722. The zero-order chi connectivity index (χ0) is 18.4. The van der Waals surface area contributed by atoms with Crippen molar-refractivity contribution in [3.8, 4) is 0 Å². The summed E-state index contributed by atoms with van der Waals surface area (Å²) in [7, 11) is 3.83. The van der Waals surface area contributed by atoms with Crippen LogP contribution in [-0.2, 0) is 9.53 Å². The third-order valence-corrected chi connectivity index (χ3v) is 3.59. The van der Waals surface area contributed by atoms with Crippen LogP contribution in [0.2, 0.25) is 0 Å². The average molecular weight is 345 g/mol. The lowest BCUT2D eigenvalue weighted by molar-refractivity contribution is -0.125. The van der Waals surface area contributed by atoms with E-state index in [1.165, 1.54) is 0 Å². The summed E-state index contributed by atoms with van der Waals surface area (Å²) in [5.41, 5.74) is 1.37. The molecule has 0 unspecified atom stereocenters. The van der Waals surface area contributed by atoms with E-state index in [1.807, 2.05) is 38.1 Å². The van der Waals surface area contributed by atoms with Crippen LogP contribution in [0.3, 0.4) is 0 Å². The topological polar surface area (TPSA) is 84.7 Å². The standard InChI is InChI=1S/C18H23N3O4/c1-5-6-15(17(22)19-16-11-12(2)25-20-16)24-18(23)13-7-9-14(10-8-13)21(3)4/h7-11,15H,5-6H2,1-4H3,(H,19,20,22)/t15-/m1/s1. The van der Waals surface area contributed by atoms with Crippen molar-refractivity contribution in [2.24, 2.45) is 0 Å². The summed E-state index contributed by atoms with van der Waals surface area (Å²) in [6.07, 6.45) is 0.232. The van der Waals surface area contributed by atoms with Gasteiger partial charge in [0.1, 0.15) is 5.76 Å². The first kappa shape index (κ1) is 18.5. The Balaban J connectivity index is 2.04. The molecular weight excluding hydrogens is 322 g/mol. The van der Waals surface area contributed by atoms with Crippen LogP contribution >= 0.6 is 0 Å². The number of esters is 1. The smallest absolute Gasteiger partial charge is 0.338 e. The van der Waals surface area contributed by atoms with Crippen molar-refractivity contribution in [3.05, 3.63) is 41.7 Å². The fourth-order valence-electron chi connectivity index (χ4n) is 2.23. The van der Waals surface area contributed by atoms with Gasteiger partial charge in [-0.25, -0.2) is 4.79 Å². The number of hydrogen-bond acceptors (Lipinski definition) is 6. The van der Waals surface area contributed by atoms with Crippen LogP contribution in [0.15, 0.2) is 34.9 Å². The number of aryl methyl sites for hydroxylation is 1. The lowest BCUT2D eigenvalue weighted by atomic mass is 10.1. The zero-order valence-electron chi connectivity index (χ0n) is 14.9. The molecule has 0 spiro atoms. The second-order valence-electron chi connectivity index (χ2n) is 5.94. The number of rotatable bonds is 7. The van der Waals surface area contributed by atoms with Gasteiger partial charge in [-0.1, -0.05) is 18.5 Å². The molecule has 1 atom stereocenters. The number of anilines is 2. The molecule has 1 heterocycles. The van der Waals surface area contributed by atoms with Crippen LogP contribution in [0.5, 0.6) is 0 Å². The number of carbonyl (C=O) groups excluding carboxylic acids is 2. The molecule has 7 heteroatoms. The molecule has 0 radical (unpaired) electrons. The number of aromatic nitrogens is 1.